The lowest BCUT2D eigenvalue weighted by atomic mass is 10.0. The summed E-state index contributed by atoms with van der Waals surface area (Å²) in [6, 6.07) is 8.59. The fraction of sp³-hybridized carbons (Fsp3) is 0.438. The molecule has 0 radical (unpaired) electrons. The van der Waals surface area contributed by atoms with Gasteiger partial charge in [0.25, 0.3) is 0 Å². The zero-order valence-electron chi connectivity index (χ0n) is 11.9. The van der Waals surface area contributed by atoms with Gasteiger partial charge in [-0.1, -0.05) is 25.1 Å². The van der Waals surface area contributed by atoms with Crippen molar-refractivity contribution in [2.75, 3.05) is 13.2 Å². The lowest BCUT2D eigenvalue weighted by Gasteiger charge is -2.10. The molecule has 3 rings (SSSR count). The van der Waals surface area contributed by atoms with Gasteiger partial charge in [-0.3, -0.25) is 0 Å². The average molecular weight is 288 g/mol. The molecule has 1 aliphatic rings. The van der Waals surface area contributed by atoms with Gasteiger partial charge in [-0.2, -0.15) is 0 Å². The summed E-state index contributed by atoms with van der Waals surface area (Å²) < 4.78 is 5.75. The standard InChI is InChI=1S/C16H20N2OS/c1-3-8-17-11(2)14-10-20-16(18-14)13-9-19-15-7-5-4-6-12(13)15/h4-7,10-11,13,17H,3,8-9H2,1-2H3. The van der Waals surface area contributed by atoms with Gasteiger partial charge in [-0.15, -0.1) is 11.3 Å². The SMILES string of the molecule is CCCNC(C)c1csc(C2COc3ccccc32)n1. The monoisotopic (exact) mass is 288 g/mol. The third-order valence-corrected chi connectivity index (χ3v) is 4.66. The van der Waals surface area contributed by atoms with Gasteiger partial charge in [0.15, 0.2) is 0 Å². The van der Waals surface area contributed by atoms with Crippen molar-refractivity contribution in [2.45, 2.75) is 32.2 Å². The Hall–Kier alpha value is -1.39. The normalized spacial score (nSPS) is 18.6. The molecule has 2 unspecified atom stereocenters. The van der Waals surface area contributed by atoms with Crippen LogP contribution in [0.5, 0.6) is 5.75 Å². The molecule has 0 fully saturated rings. The van der Waals surface area contributed by atoms with E-state index in [2.05, 4.69) is 36.7 Å². The number of nitrogens with one attached hydrogen (secondary N) is 1. The van der Waals surface area contributed by atoms with Crippen molar-refractivity contribution in [1.29, 1.82) is 0 Å². The molecule has 3 nitrogen and oxygen atoms in total. The highest BCUT2D eigenvalue weighted by atomic mass is 32.1. The van der Waals surface area contributed by atoms with Gasteiger partial charge in [0.2, 0.25) is 0 Å². The Morgan fingerprint density at radius 3 is 3.15 bits per heavy atom. The van der Waals surface area contributed by atoms with Crippen LogP contribution in [0.15, 0.2) is 29.6 Å². The summed E-state index contributed by atoms with van der Waals surface area (Å²) in [5.41, 5.74) is 2.41. The molecule has 2 atom stereocenters. The lowest BCUT2D eigenvalue weighted by Crippen LogP contribution is -2.19. The molecule has 1 aromatic heterocycles. The van der Waals surface area contributed by atoms with E-state index in [-0.39, 0.29) is 0 Å². The molecule has 0 bridgehead atoms. The number of hydrogen-bond donors (Lipinski definition) is 1. The molecule has 106 valence electrons. The summed E-state index contributed by atoms with van der Waals surface area (Å²) in [5.74, 6) is 1.30. The quantitative estimate of drug-likeness (QED) is 0.910. The Labute approximate surface area is 124 Å². The highest BCUT2D eigenvalue weighted by molar-refractivity contribution is 7.09. The van der Waals surface area contributed by atoms with E-state index < -0.39 is 0 Å². The van der Waals surface area contributed by atoms with E-state index in [1.54, 1.807) is 11.3 Å². The first kappa shape index (κ1) is 13.6. The molecule has 0 amide bonds. The summed E-state index contributed by atoms with van der Waals surface area (Å²) in [5, 5.41) is 6.82. The largest absolute Gasteiger partial charge is 0.492 e. The van der Waals surface area contributed by atoms with Crippen LogP contribution < -0.4 is 10.1 Å². The second-order valence-corrected chi connectivity index (χ2v) is 6.08. The summed E-state index contributed by atoms with van der Waals surface area (Å²) in [7, 11) is 0. The molecule has 0 saturated heterocycles. The maximum atomic E-state index is 5.75. The van der Waals surface area contributed by atoms with Gasteiger partial charge in [0, 0.05) is 17.0 Å². The van der Waals surface area contributed by atoms with E-state index in [0.717, 1.165) is 29.4 Å². The first-order valence-electron chi connectivity index (χ1n) is 7.20. The fourth-order valence-electron chi connectivity index (χ4n) is 2.49. The first-order valence-corrected chi connectivity index (χ1v) is 8.08. The van der Waals surface area contributed by atoms with Crippen LogP contribution in [0.2, 0.25) is 0 Å². The molecule has 4 heteroatoms. The smallest absolute Gasteiger partial charge is 0.123 e. The summed E-state index contributed by atoms with van der Waals surface area (Å²) in [6.45, 7) is 6.10. The van der Waals surface area contributed by atoms with Gasteiger partial charge in [-0.05, 0) is 26.0 Å². The number of ether oxygens (including phenoxy) is 1. The van der Waals surface area contributed by atoms with Crippen molar-refractivity contribution in [3.63, 3.8) is 0 Å². The van der Waals surface area contributed by atoms with Crippen molar-refractivity contribution in [1.82, 2.24) is 10.3 Å². The van der Waals surface area contributed by atoms with Crippen LogP contribution in [0.4, 0.5) is 0 Å². The van der Waals surface area contributed by atoms with Crippen LogP contribution >= 0.6 is 11.3 Å². The molecule has 1 aliphatic heterocycles. The molecular formula is C16H20N2OS. The van der Waals surface area contributed by atoms with Crippen LogP contribution in [0, 0.1) is 0 Å². The van der Waals surface area contributed by atoms with Gasteiger partial charge in [0.05, 0.1) is 11.6 Å². The Bertz CT molecular complexity index is 581. The highest BCUT2D eigenvalue weighted by Gasteiger charge is 2.28. The minimum Gasteiger partial charge on any atom is -0.492 e. The molecule has 20 heavy (non-hydrogen) atoms. The third-order valence-electron chi connectivity index (χ3n) is 3.68. The van der Waals surface area contributed by atoms with Crippen LogP contribution in [0.3, 0.4) is 0 Å². The second-order valence-electron chi connectivity index (χ2n) is 5.19. The van der Waals surface area contributed by atoms with Crippen molar-refractivity contribution in [3.05, 3.63) is 45.9 Å². The van der Waals surface area contributed by atoms with E-state index >= 15 is 0 Å². The van der Waals surface area contributed by atoms with Crippen LogP contribution in [0.25, 0.3) is 0 Å². The molecule has 2 heterocycles. The molecule has 0 saturated carbocycles. The van der Waals surface area contributed by atoms with Crippen molar-refractivity contribution >= 4 is 11.3 Å². The highest BCUT2D eigenvalue weighted by Crippen LogP contribution is 2.39. The first-order chi connectivity index (χ1) is 9.79. The Kier molecular flexibility index (Phi) is 4.03. The van der Waals surface area contributed by atoms with Gasteiger partial charge in [-0.25, -0.2) is 4.98 Å². The molecule has 1 aromatic carbocycles. The summed E-state index contributed by atoms with van der Waals surface area (Å²) in [6.07, 6.45) is 1.14. The summed E-state index contributed by atoms with van der Waals surface area (Å²) >= 11 is 1.74. The van der Waals surface area contributed by atoms with Crippen LogP contribution in [-0.4, -0.2) is 18.1 Å². The van der Waals surface area contributed by atoms with E-state index in [0.29, 0.717) is 18.6 Å². The zero-order valence-corrected chi connectivity index (χ0v) is 12.7. The zero-order chi connectivity index (χ0) is 13.9. The molecule has 1 N–H and O–H groups in total. The van der Waals surface area contributed by atoms with Crippen LogP contribution in [-0.2, 0) is 0 Å². The van der Waals surface area contributed by atoms with E-state index in [9.17, 15) is 0 Å². The number of benzene rings is 1. The number of fused-ring (bicyclic) bond motifs is 1. The van der Waals surface area contributed by atoms with E-state index in [1.807, 2.05) is 12.1 Å². The van der Waals surface area contributed by atoms with Gasteiger partial charge in [0.1, 0.15) is 17.4 Å². The Morgan fingerprint density at radius 1 is 1.45 bits per heavy atom. The molecule has 2 aromatic rings. The molecular weight excluding hydrogens is 268 g/mol. The predicted molar refractivity (Wildman–Crippen MR) is 82.6 cm³/mol. The number of aromatic nitrogens is 1. The minimum absolute atomic E-state index is 0.295. The van der Waals surface area contributed by atoms with Crippen LogP contribution in [0.1, 0.15) is 48.5 Å². The van der Waals surface area contributed by atoms with Crippen molar-refractivity contribution in [2.24, 2.45) is 0 Å². The second kappa shape index (κ2) is 5.94. The molecule has 0 aliphatic carbocycles. The predicted octanol–water partition coefficient (Wildman–Crippen LogP) is 3.73. The fourth-order valence-corrected chi connectivity index (χ4v) is 3.51. The number of rotatable bonds is 5. The third kappa shape index (κ3) is 2.58. The lowest BCUT2D eigenvalue weighted by molar-refractivity contribution is 0.342. The Morgan fingerprint density at radius 2 is 2.30 bits per heavy atom. The van der Waals surface area contributed by atoms with Crippen molar-refractivity contribution < 1.29 is 4.74 Å². The number of para-hydroxylation sites is 1. The molecule has 0 spiro atoms. The van der Waals surface area contributed by atoms with E-state index in [1.165, 1.54) is 5.56 Å². The average Bonchev–Trinajstić information content (AvgIpc) is 3.10. The van der Waals surface area contributed by atoms with Gasteiger partial charge < -0.3 is 10.1 Å². The maximum Gasteiger partial charge on any atom is 0.123 e. The Balaban J connectivity index is 1.78. The van der Waals surface area contributed by atoms with Gasteiger partial charge >= 0.3 is 0 Å². The topological polar surface area (TPSA) is 34.1 Å². The maximum absolute atomic E-state index is 5.75. The summed E-state index contributed by atoms with van der Waals surface area (Å²) in [4.78, 5) is 4.82. The number of thiazole rings is 1. The minimum atomic E-state index is 0.295. The number of hydrogen-bond acceptors (Lipinski definition) is 4. The van der Waals surface area contributed by atoms with E-state index in [4.69, 9.17) is 9.72 Å². The van der Waals surface area contributed by atoms with Crippen molar-refractivity contribution in [3.8, 4) is 5.75 Å². The number of nitrogens with zero attached hydrogens (tertiary/aromatic N) is 1.